The molecule has 3 amide bonds. The molecule has 138 valence electrons. The minimum atomic E-state index is -0.157. The van der Waals surface area contributed by atoms with Crippen molar-refractivity contribution in [3.63, 3.8) is 0 Å². The van der Waals surface area contributed by atoms with E-state index in [1.807, 2.05) is 13.8 Å². The second-order valence-electron chi connectivity index (χ2n) is 6.16. The van der Waals surface area contributed by atoms with Crippen molar-refractivity contribution in [2.45, 2.75) is 26.3 Å². The molecule has 1 fully saturated rings. The summed E-state index contributed by atoms with van der Waals surface area (Å²) >= 11 is 0. The molecule has 2 N–H and O–H groups in total. The third-order valence-corrected chi connectivity index (χ3v) is 4.24. The van der Waals surface area contributed by atoms with Gasteiger partial charge in [-0.15, -0.1) is 0 Å². The molecule has 0 aromatic carbocycles. The van der Waals surface area contributed by atoms with Crippen LogP contribution in [0.4, 0.5) is 10.5 Å². The summed E-state index contributed by atoms with van der Waals surface area (Å²) in [5.74, 6) is 0.541. The number of pyridine rings is 1. The highest BCUT2D eigenvalue weighted by Crippen LogP contribution is 2.12. The van der Waals surface area contributed by atoms with E-state index in [9.17, 15) is 9.59 Å². The predicted octanol–water partition coefficient (Wildman–Crippen LogP) is 1.15. The summed E-state index contributed by atoms with van der Waals surface area (Å²) in [6.07, 6.45) is 2.48. The van der Waals surface area contributed by atoms with Gasteiger partial charge in [0.15, 0.2) is 0 Å². The maximum Gasteiger partial charge on any atom is 0.321 e. The summed E-state index contributed by atoms with van der Waals surface area (Å²) in [5, 5.41) is 5.79. The van der Waals surface area contributed by atoms with Gasteiger partial charge in [0.25, 0.3) is 0 Å². The molecule has 2 rings (SSSR count). The normalized spacial score (nSPS) is 16.2. The molecule has 1 saturated heterocycles. The Morgan fingerprint density at radius 1 is 1.28 bits per heavy atom. The van der Waals surface area contributed by atoms with Crippen molar-refractivity contribution in [3.8, 4) is 5.88 Å². The van der Waals surface area contributed by atoms with Gasteiger partial charge in [0, 0.05) is 38.3 Å². The Morgan fingerprint density at radius 3 is 2.56 bits per heavy atom. The summed E-state index contributed by atoms with van der Waals surface area (Å²) in [7, 11) is 1.54. The van der Waals surface area contributed by atoms with Crippen molar-refractivity contribution >= 4 is 17.6 Å². The van der Waals surface area contributed by atoms with E-state index >= 15 is 0 Å². The third-order valence-electron chi connectivity index (χ3n) is 4.24. The number of carbonyl (C=O) groups is 2. The number of hydrogen-bond acceptors (Lipinski definition) is 5. The zero-order valence-electron chi connectivity index (χ0n) is 15.1. The number of urea groups is 1. The van der Waals surface area contributed by atoms with Gasteiger partial charge in [-0.3, -0.25) is 9.69 Å². The smallest absolute Gasteiger partial charge is 0.321 e. The number of hydrogen-bond donors (Lipinski definition) is 2. The lowest BCUT2D eigenvalue weighted by Gasteiger charge is -2.34. The first-order valence-electron chi connectivity index (χ1n) is 8.59. The Hall–Kier alpha value is -2.35. The van der Waals surface area contributed by atoms with Gasteiger partial charge in [-0.1, -0.05) is 6.92 Å². The monoisotopic (exact) mass is 349 g/mol. The summed E-state index contributed by atoms with van der Waals surface area (Å²) in [6.45, 7) is 6.96. The molecule has 1 atom stereocenters. The van der Waals surface area contributed by atoms with Crippen molar-refractivity contribution in [1.29, 1.82) is 0 Å². The van der Waals surface area contributed by atoms with Crippen molar-refractivity contribution in [3.05, 3.63) is 18.3 Å². The number of ether oxygens (including phenoxy) is 1. The van der Waals surface area contributed by atoms with Crippen LogP contribution in [0.3, 0.4) is 0 Å². The van der Waals surface area contributed by atoms with Crippen LogP contribution in [0.5, 0.6) is 5.88 Å². The molecule has 0 saturated carbocycles. The molecule has 1 aliphatic rings. The number of methoxy groups -OCH3 is 1. The highest BCUT2D eigenvalue weighted by atomic mass is 16.5. The highest BCUT2D eigenvalue weighted by Gasteiger charge is 2.22. The first-order valence-corrected chi connectivity index (χ1v) is 8.59. The summed E-state index contributed by atoms with van der Waals surface area (Å²) in [4.78, 5) is 32.1. The standard InChI is InChI=1S/C17H27N5O3/c1-4-13(2)19-15(23)12-21-7-9-22(10-8-21)17(24)20-14-5-6-16(25-3)18-11-14/h5-6,11,13H,4,7-10,12H2,1-3H3,(H,19,23)(H,20,24)/t13-/m1/s1. The van der Waals surface area contributed by atoms with Crippen LogP contribution < -0.4 is 15.4 Å². The zero-order chi connectivity index (χ0) is 18.2. The van der Waals surface area contributed by atoms with Gasteiger partial charge in [0.2, 0.25) is 11.8 Å². The largest absolute Gasteiger partial charge is 0.481 e. The van der Waals surface area contributed by atoms with Crippen LogP contribution in [0.25, 0.3) is 0 Å². The highest BCUT2D eigenvalue weighted by molar-refractivity contribution is 5.89. The summed E-state index contributed by atoms with van der Waals surface area (Å²) in [6, 6.07) is 3.48. The number of nitrogens with one attached hydrogen (secondary N) is 2. The molecule has 2 heterocycles. The maximum atomic E-state index is 12.3. The topological polar surface area (TPSA) is 86.8 Å². The van der Waals surface area contributed by atoms with Crippen LogP contribution in [0.15, 0.2) is 18.3 Å². The number of rotatable bonds is 6. The van der Waals surface area contributed by atoms with Gasteiger partial charge in [-0.05, 0) is 19.4 Å². The Balaban J connectivity index is 1.75. The van der Waals surface area contributed by atoms with Crippen LogP contribution in [-0.2, 0) is 4.79 Å². The van der Waals surface area contributed by atoms with E-state index < -0.39 is 0 Å². The van der Waals surface area contributed by atoms with E-state index in [1.54, 1.807) is 30.3 Å². The van der Waals surface area contributed by atoms with E-state index in [4.69, 9.17) is 4.74 Å². The van der Waals surface area contributed by atoms with Crippen molar-refractivity contribution in [2.24, 2.45) is 0 Å². The van der Waals surface area contributed by atoms with E-state index in [2.05, 4.69) is 20.5 Å². The number of anilines is 1. The van der Waals surface area contributed by atoms with Crippen LogP contribution in [0.1, 0.15) is 20.3 Å². The molecule has 1 aromatic rings. The summed E-state index contributed by atoms with van der Waals surface area (Å²) < 4.78 is 4.99. The minimum Gasteiger partial charge on any atom is -0.481 e. The Bertz CT molecular complexity index is 570. The summed E-state index contributed by atoms with van der Waals surface area (Å²) in [5.41, 5.74) is 0.626. The fourth-order valence-corrected chi connectivity index (χ4v) is 2.51. The second-order valence-corrected chi connectivity index (χ2v) is 6.16. The number of nitrogens with zero attached hydrogens (tertiary/aromatic N) is 3. The third kappa shape index (κ3) is 5.90. The number of aromatic nitrogens is 1. The van der Waals surface area contributed by atoms with Crippen LogP contribution in [-0.4, -0.2) is 72.6 Å². The molecule has 0 unspecified atom stereocenters. The Kier molecular flexibility index (Phi) is 7.00. The quantitative estimate of drug-likeness (QED) is 0.805. The second kappa shape index (κ2) is 9.22. The molecule has 1 aliphatic heterocycles. The van der Waals surface area contributed by atoms with Crippen molar-refractivity contribution in [1.82, 2.24) is 20.1 Å². The molecule has 1 aromatic heterocycles. The fraction of sp³-hybridized carbons (Fsp3) is 0.588. The van der Waals surface area contributed by atoms with Crippen molar-refractivity contribution < 1.29 is 14.3 Å². The molecule has 8 heteroatoms. The molecule has 25 heavy (non-hydrogen) atoms. The average Bonchev–Trinajstić information content (AvgIpc) is 2.62. The first-order chi connectivity index (χ1) is 12.0. The molecular weight excluding hydrogens is 322 g/mol. The molecule has 0 bridgehead atoms. The maximum absolute atomic E-state index is 12.3. The number of piperazine rings is 1. The predicted molar refractivity (Wildman–Crippen MR) is 95.7 cm³/mol. The Morgan fingerprint density at radius 2 is 2.00 bits per heavy atom. The van der Waals surface area contributed by atoms with Gasteiger partial charge in [0.05, 0.1) is 25.5 Å². The fourth-order valence-electron chi connectivity index (χ4n) is 2.51. The molecule has 0 spiro atoms. The Labute approximate surface area is 148 Å². The minimum absolute atomic E-state index is 0.0385. The zero-order valence-corrected chi connectivity index (χ0v) is 15.1. The van der Waals surface area contributed by atoms with Gasteiger partial charge in [-0.25, -0.2) is 9.78 Å². The lowest BCUT2D eigenvalue weighted by molar-refractivity contribution is -0.123. The van der Waals surface area contributed by atoms with Crippen LogP contribution in [0, 0.1) is 0 Å². The van der Waals surface area contributed by atoms with E-state index in [1.165, 1.54) is 0 Å². The van der Waals surface area contributed by atoms with Crippen LogP contribution in [0.2, 0.25) is 0 Å². The SMILES string of the molecule is CC[C@@H](C)NC(=O)CN1CCN(C(=O)Nc2ccc(OC)nc2)CC1. The van der Waals surface area contributed by atoms with Crippen LogP contribution >= 0.6 is 0 Å². The van der Waals surface area contributed by atoms with Gasteiger partial charge < -0.3 is 20.3 Å². The van der Waals surface area contributed by atoms with Crippen molar-refractivity contribution in [2.75, 3.05) is 45.2 Å². The molecule has 8 nitrogen and oxygen atoms in total. The van der Waals surface area contributed by atoms with E-state index in [0.717, 1.165) is 6.42 Å². The molecule has 0 aliphatic carbocycles. The average molecular weight is 349 g/mol. The van der Waals surface area contributed by atoms with E-state index in [0.29, 0.717) is 44.3 Å². The van der Waals surface area contributed by atoms with Gasteiger partial charge in [-0.2, -0.15) is 0 Å². The van der Waals surface area contributed by atoms with E-state index in [-0.39, 0.29) is 18.0 Å². The first kappa shape index (κ1) is 19.0. The number of carbonyl (C=O) groups excluding carboxylic acids is 2. The lowest BCUT2D eigenvalue weighted by atomic mass is 10.2. The van der Waals surface area contributed by atoms with Gasteiger partial charge >= 0.3 is 6.03 Å². The molecule has 0 radical (unpaired) electrons. The van der Waals surface area contributed by atoms with Gasteiger partial charge in [0.1, 0.15) is 0 Å². The lowest BCUT2D eigenvalue weighted by Crippen LogP contribution is -2.52. The number of amides is 3. The molecular formula is C17H27N5O3.